The molecule has 0 fully saturated rings. The molecule has 2 aromatic heterocycles. The molecule has 0 atom stereocenters. The number of hydrogen-bond acceptors (Lipinski definition) is 3. The van der Waals surface area contributed by atoms with E-state index in [9.17, 15) is 13.2 Å². The molecular formula is C10H5ClF3N3. The minimum atomic E-state index is -4.56. The third-order valence-electron chi connectivity index (χ3n) is 1.92. The summed E-state index contributed by atoms with van der Waals surface area (Å²) < 4.78 is 37.5. The Balaban J connectivity index is 2.54. The van der Waals surface area contributed by atoms with E-state index in [1.54, 1.807) is 18.2 Å². The van der Waals surface area contributed by atoms with Crippen LogP contribution in [0.2, 0.25) is 5.28 Å². The van der Waals surface area contributed by atoms with Gasteiger partial charge < -0.3 is 0 Å². The molecule has 3 nitrogen and oxygen atoms in total. The molecule has 0 aliphatic heterocycles. The van der Waals surface area contributed by atoms with Crippen LogP contribution < -0.4 is 0 Å². The van der Waals surface area contributed by atoms with Crippen molar-refractivity contribution in [3.8, 4) is 11.4 Å². The van der Waals surface area contributed by atoms with E-state index in [2.05, 4.69) is 15.0 Å². The maximum Gasteiger partial charge on any atom is 0.433 e. The molecule has 0 radical (unpaired) electrons. The highest BCUT2D eigenvalue weighted by Crippen LogP contribution is 2.30. The van der Waals surface area contributed by atoms with E-state index in [0.717, 1.165) is 6.07 Å². The summed E-state index contributed by atoms with van der Waals surface area (Å²) in [6.45, 7) is 0. The first-order chi connectivity index (χ1) is 7.97. The number of alkyl halides is 3. The lowest BCUT2D eigenvalue weighted by molar-refractivity contribution is -0.141. The van der Waals surface area contributed by atoms with Crippen LogP contribution in [-0.2, 0) is 6.18 Å². The van der Waals surface area contributed by atoms with Crippen LogP contribution in [0.4, 0.5) is 13.2 Å². The Morgan fingerprint density at radius 2 is 1.82 bits per heavy atom. The highest BCUT2D eigenvalue weighted by Gasteiger charge is 2.33. The second-order valence-corrected chi connectivity index (χ2v) is 3.46. The Bertz CT molecular complexity index is 528. The zero-order valence-electron chi connectivity index (χ0n) is 8.24. The average Bonchev–Trinajstić information content (AvgIpc) is 2.28. The fourth-order valence-corrected chi connectivity index (χ4v) is 1.39. The molecule has 0 aliphatic rings. The van der Waals surface area contributed by atoms with Gasteiger partial charge in [-0.3, -0.25) is 4.98 Å². The minimum absolute atomic E-state index is 0.0397. The van der Waals surface area contributed by atoms with Gasteiger partial charge in [0.25, 0.3) is 0 Å². The van der Waals surface area contributed by atoms with Gasteiger partial charge in [-0.1, -0.05) is 6.07 Å². The van der Waals surface area contributed by atoms with Crippen molar-refractivity contribution in [3.05, 3.63) is 41.4 Å². The summed E-state index contributed by atoms with van der Waals surface area (Å²) in [7, 11) is 0. The second-order valence-electron chi connectivity index (χ2n) is 3.12. The summed E-state index contributed by atoms with van der Waals surface area (Å²) in [5.41, 5.74) is -0.738. The summed E-state index contributed by atoms with van der Waals surface area (Å²) in [5.74, 6) is 0. The largest absolute Gasteiger partial charge is 0.433 e. The van der Waals surface area contributed by atoms with Crippen LogP contribution in [0.3, 0.4) is 0 Å². The summed E-state index contributed by atoms with van der Waals surface area (Å²) >= 11 is 5.46. The van der Waals surface area contributed by atoms with Crippen LogP contribution in [0.5, 0.6) is 0 Å². The van der Waals surface area contributed by atoms with Crippen LogP contribution in [0.1, 0.15) is 5.69 Å². The van der Waals surface area contributed by atoms with E-state index in [0.29, 0.717) is 5.69 Å². The highest BCUT2D eigenvalue weighted by molar-refractivity contribution is 6.28. The van der Waals surface area contributed by atoms with Gasteiger partial charge in [-0.2, -0.15) is 13.2 Å². The SMILES string of the molecule is FC(F)(F)c1cc(-c2ccccn2)nc(Cl)n1. The molecule has 88 valence electrons. The quantitative estimate of drug-likeness (QED) is 0.738. The van der Waals surface area contributed by atoms with Crippen LogP contribution in [0, 0.1) is 0 Å². The number of rotatable bonds is 1. The standard InChI is InChI=1S/C10H5ClF3N3/c11-9-16-7(6-3-1-2-4-15-6)5-8(17-9)10(12,13)14/h1-5H. The molecule has 17 heavy (non-hydrogen) atoms. The van der Waals surface area contributed by atoms with Crippen molar-refractivity contribution >= 4 is 11.6 Å². The molecule has 2 rings (SSSR count). The van der Waals surface area contributed by atoms with Crippen LogP contribution >= 0.6 is 11.6 Å². The van der Waals surface area contributed by atoms with Gasteiger partial charge in [0, 0.05) is 6.20 Å². The Morgan fingerprint density at radius 1 is 1.06 bits per heavy atom. The van der Waals surface area contributed by atoms with Gasteiger partial charge in [0.1, 0.15) is 5.69 Å². The molecule has 0 aromatic carbocycles. The van der Waals surface area contributed by atoms with E-state index in [-0.39, 0.29) is 5.69 Å². The van der Waals surface area contributed by atoms with Gasteiger partial charge in [0.15, 0.2) is 0 Å². The van der Waals surface area contributed by atoms with Gasteiger partial charge in [-0.25, -0.2) is 9.97 Å². The monoisotopic (exact) mass is 259 g/mol. The van der Waals surface area contributed by atoms with E-state index >= 15 is 0 Å². The fourth-order valence-electron chi connectivity index (χ4n) is 1.21. The molecule has 0 bridgehead atoms. The lowest BCUT2D eigenvalue weighted by atomic mass is 10.2. The normalized spacial score (nSPS) is 11.5. The van der Waals surface area contributed by atoms with E-state index in [1.807, 2.05) is 0 Å². The summed E-state index contributed by atoms with van der Waals surface area (Å²) in [4.78, 5) is 10.7. The summed E-state index contributed by atoms with van der Waals surface area (Å²) in [5, 5.41) is -0.458. The van der Waals surface area contributed by atoms with Gasteiger partial charge in [-0.15, -0.1) is 0 Å². The first-order valence-corrected chi connectivity index (χ1v) is 4.88. The van der Waals surface area contributed by atoms with Crippen LogP contribution in [0.25, 0.3) is 11.4 Å². The molecule has 0 N–H and O–H groups in total. The molecule has 7 heteroatoms. The molecule has 0 amide bonds. The zero-order chi connectivity index (χ0) is 12.5. The van der Waals surface area contributed by atoms with Crippen molar-refractivity contribution in [2.24, 2.45) is 0 Å². The zero-order valence-corrected chi connectivity index (χ0v) is 9.00. The lowest BCUT2D eigenvalue weighted by Crippen LogP contribution is -2.09. The van der Waals surface area contributed by atoms with Crippen molar-refractivity contribution in [3.63, 3.8) is 0 Å². The predicted molar refractivity (Wildman–Crippen MR) is 55.3 cm³/mol. The number of pyridine rings is 1. The lowest BCUT2D eigenvalue weighted by Gasteiger charge is -2.07. The van der Waals surface area contributed by atoms with Gasteiger partial charge >= 0.3 is 6.18 Å². The molecule has 0 aliphatic carbocycles. The number of hydrogen-bond donors (Lipinski definition) is 0. The topological polar surface area (TPSA) is 38.7 Å². The maximum atomic E-state index is 12.5. The van der Waals surface area contributed by atoms with E-state index < -0.39 is 17.2 Å². The fraction of sp³-hybridized carbons (Fsp3) is 0.100. The smallest absolute Gasteiger partial charge is 0.255 e. The Labute approximate surface area is 99.3 Å². The van der Waals surface area contributed by atoms with Crippen molar-refractivity contribution in [1.82, 2.24) is 15.0 Å². The predicted octanol–water partition coefficient (Wildman–Crippen LogP) is 3.21. The summed E-state index contributed by atoms with van der Waals surface area (Å²) in [6.07, 6.45) is -3.10. The third-order valence-corrected chi connectivity index (χ3v) is 2.09. The van der Waals surface area contributed by atoms with Crippen molar-refractivity contribution < 1.29 is 13.2 Å². The Kier molecular flexibility index (Phi) is 2.97. The van der Waals surface area contributed by atoms with Crippen molar-refractivity contribution in [2.45, 2.75) is 6.18 Å². The second kappa shape index (κ2) is 4.29. The number of nitrogens with zero attached hydrogens (tertiary/aromatic N) is 3. The molecule has 0 spiro atoms. The molecule has 2 aromatic rings. The number of halogens is 4. The summed E-state index contributed by atoms with van der Waals surface area (Å²) in [6, 6.07) is 5.65. The third kappa shape index (κ3) is 2.71. The molecular weight excluding hydrogens is 255 g/mol. The van der Waals surface area contributed by atoms with Crippen LogP contribution in [0.15, 0.2) is 30.5 Å². The van der Waals surface area contributed by atoms with Gasteiger partial charge in [-0.05, 0) is 29.8 Å². The molecule has 0 unspecified atom stereocenters. The van der Waals surface area contributed by atoms with E-state index in [1.165, 1.54) is 6.20 Å². The molecule has 0 saturated carbocycles. The first kappa shape index (κ1) is 11.8. The van der Waals surface area contributed by atoms with E-state index in [4.69, 9.17) is 11.6 Å². The van der Waals surface area contributed by atoms with Gasteiger partial charge in [0.05, 0.1) is 11.4 Å². The Morgan fingerprint density at radius 3 is 2.41 bits per heavy atom. The molecule has 2 heterocycles. The van der Waals surface area contributed by atoms with Gasteiger partial charge in [0.2, 0.25) is 5.28 Å². The highest BCUT2D eigenvalue weighted by atomic mass is 35.5. The van der Waals surface area contributed by atoms with Crippen molar-refractivity contribution in [2.75, 3.05) is 0 Å². The first-order valence-electron chi connectivity index (χ1n) is 4.50. The van der Waals surface area contributed by atoms with Crippen LogP contribution in [-0.4, -0.2) is 15.0 Å². The average molecular weight is 260 g/mol. The maximum absolute atomic E-state index is 12.5. The minimum Gasteiger partial charge on any atom is -0.255 e. The van der Waals surface area contributed by atoms with Crippen molar-refractivity contribution in [1.29, 1.82) is 0 Å². The Hall–Kier alpha value is -1.69. The number of aromatic nitrogens is 3. The molecule has 0 saturated heterocycles.